The highest BCUT2D eigenvalue weighted by Crippen LogP contribution is 2.19. The molecule has 2 N–H and O–H groups in total. The predicted molar refractivity (Wildman–Crippen MR) is 49.2 cm³/mol. The van der Waals surface area contributed by atoms with E-state index in [2.05, 4.69) is 20.8 Å². The molecular weight excluding hydrogens is 160 g/mol. The zero-order valence-electron chi connectivity index (χ0n) is 7.55. The number of hydrogen-bond acceptors (Lipinski definition) is 3. The molecule has 0 aromatic carbocycles. The second kappa shape index (κ2) is 3.97. The van der Waals surface area contributed by atoms with E-state index < -0.39 is 0 Å². The zero-order valence-corrected chi connectivity index (χ0v) is 8.36. The Hall–Kier alpha value is -0.220. The van der Waals surface area contributed by atoms with Gasteiger partial charge in [0.05, 0.1) is 5.75 Å². The monoisotopic (exact) mass is 176 g/mol. The number of nitrogens with zero attached hydrogens (tertiary/aromatic N) is 1. The number of carbonyl (C=O) groups excluding carboxylic acids is 1. The Kier molecular flexibility index (Phi) is 3.89. The van der Waals surface area contributed by atoms with Gasteiger partial charge in [0, 0.05) is 5.54 Å². The molecule has 11 heavy (non-hydrogen) atoms. The summed E-state index contributed by atoms with van der Waals surface area (Å²) in [4.78, 5) is 10.4. The van der Waals surface area contributed by atoms with Crippen LogP contribution in [0.5, 0.6) is 0 Å². The predicted octanol–water partition coefficient (Wildman–Crippen LogP) is 0.850. The second-order valence-corrected chi connectivity index (χ2v) is 4.50. The first-order chi connectivity index (χ1) is 4.84. The molecule has 0 aromatic heterocycles. The van der Waals surface area contributed by atoms with Gasteiger partial charge in [-0.25, -0.2) is 4.31 Å². The lowest BCUT2D eigenvalue weighted by Gasteiger charge is -2.29. The smallest absolute Gasteiger partial charge is 0.228 e. The summed E-state index contributed by atoms with van der Waals surface area (Å²) in [5.41, 5.74) is 5.08. The molecule has 0 aliphatic heterocycles. The van der Waals surface area contributed by atoms with E-state index in [1.807, 2.05) is 11.4 Å². The van der Waals surface area contributed by atoms with Crippen molar-refractivity contribution in [1.29, 1.82) is 0 Å². The van der Waals surface area contributed by atoms with Crippen molar-refractivity contribution in [3.05, 3.63) is 0 Å². The molecule has 0 heterocycles. The molecule has 0 radical (unpaired) electrons. The van der Waals surface area contributed by atoms with Gasteiger partial charge in [-0.15, -0.1) is 0 Å². The summed E-state index contributed by atoms with van der Waals surface area (Å²) in [6, 6.07) is 0. The topological polar surface area (TPSA) is 46.3 Å². The molecule has 0 aliphatic rings. The lowest BCUT2D eigenvalue weighted by atomic mass is 10.1. The lowest BCUT2D eigenvalue weighted by Crippen LogP contribution is -2.34. The molecule has 66 valence electrons. The largest absolute Gasteiger partial charge is 0.369 e. The highest BCUT2D eigenvalue weighted by molar-refractivity contribution is 7.97. The van der Waals surface area contributed by atoms with Crippen LogP contribution >= 0.6 is 11.9 Å². The van der Waals surface area contributed by atoms with E-state index in [0.29, 0.717) is 5.75 Å². The van der Waals surface area contributed by atoms with Crippen molar-refractivity contribution in [1.82, 2.24) is 4.31 Å². The maximum Gasteiger partial charge on any atom is 0.228 e. The number of primary amides is 1. The molecule has 0 aromatic rings. The van der Waals surface area contributed by atoms with E-state index in [1.54, 1.807) is 0 Å². The molecule has 0 saturated carbocycles. The van der Waals surface area contributed by atoms with Crippen LogP contribution in [0.15, 0.2) is 0 Å². The summed E-state index contributed by atoms with van der Waals surface area (Å²) in [6.45, 7) is 6.25. The minimum Gasteiger partial charge on any atom is -0.369 e. The second-order valence-electron chi connectivity index (χ2n) is 3.41. The van der Waals surface area contributed by atoms with E-state index in [1.165, 1.54) is 11.9 Å². The van der Waals surface area contributed by atoms with Gasteiger partial charge in [-0.1, -0.05) is 11.9 Å². The van der Waals surface area contributed by atoms with Crippen molar-refractivity contribution in [2.24, 2.45) is 5.73 Å². The average molecular weight is 176 g/mol. The van der Waals surface area contributed by atoms with Crippen LogP contribution in [-0.4, -0.2) is 28.6 Å². The first-order valence-electron chi connectivity index (χ1n) is 3.49. The molecule has 0 bridgehead atoms. The summed E-state index contributed by atoms with van der Waals surface area (Å²) in [6.07, 6.45) is 0. The van der Waals surface area contributed by atoms with E-state index >= 15 is 0 Å². The van der Waals surface area contributed by atoms with Crippen LogP contribution < -0.4 is 5.73 Å². The van der Waals surface area contributed by atoms with E-state index in [-0.39, 0.29) is 11.4 Å². The summed E-state index contributed by atoms with van der Waals surface area (Å²) >= 11 is 1.45. The average Bonchev–Trinajstić information content (AvgIpc) is 1.80. The summed E-state index contributed by atoms with van der Waals surface area (Å²) in [5, 5.41) is 0. The zero-order chi connectivity index (χ0) is 9.07. The minimum absolute atomic E-state index is 0.0834. The van der Waals surface area contributed by atoms with Crippen LogP contribution in [0, 0.1) is 0 Å². The van der Waals surface area contributed by atoms with Crippen LogP contribution in [0.4, 0.5) is 0 Å². The maximum absolute atomic E-state index is 10.4. The van der Waals surface area contributed by atoms with Gasteiger partial charge in [0.15, 0.2) is 0 Å². The summed E-state index contributed by atoms with van der Waals surface area (Å²) < 4.78 is 2.03. The van der Waals surface area contributed by atoms with Gasteiger partial charge >= 0.3 is 0 Å². The van der Waals surface area contributed by atoms with Crippen LogP contribution in [0.25, 0.3) is 0 Å². The highest BCUT2D eigenvalue weighted by Gasteiger charge is 2.17. The Morgan fingerprint density at radius 3 is 2.27 bits per heavy atom. The maximum atomic E-state index is 10.4. The Morgan fingerprint density at radius 2 is 2.00 bits per heavy atom. The van der Waals surface area contributed by atoms with Gasteiger partial charge in [-0.05, 0) is 27.8 Å². The molecule has 0 fully saturated rings. The molecule has 0 atom stereocenters. The van der Waals surface area contributed by atoms with Gasteiger partial charge in [-0.3, -0.25) is 4.79 Å². The molecule has 0 saturated heterocycles. The Labute approximate surface area is 72.4 Å². The number of amides is 1. The third-order valence-corrected chi connectivity index (χ3v) is 2.69. The van der Waals surface area contributed by atoms with E-state index in [9.17, 15) is 4.79 Å². The fraction of sp³-hybridized carbons (Fsp3) is 0.857. The van der Waals surface area contributed by atoms with Crippen LogP contribution in [0.2, 0.25) is 0 Å². The Morgan fingerprint density at radius 1 is 1.55 bits per heavy atom. The highest BCUT2D eigenvalue weighted by atomic mass is 32.2. The molecule has 3 nitrogen and oxygen atoms in total. The minimum atomic E-state index is -0.272. The van der Waals surface area contributed by atoms with Crippen molar-refractivity contribution >= 4 is 17.9 Å². The molecule has 0 spiro atoms. The molecule has 0 unspecified atom stereocenters. The molecule has 0 aliphatic carbocycles. The van der Waals surface area contributed by atoms with Gasteiger partial charge in [0.1, 0.15) is 0 Å². The van der Waals surface area contributed by atoms with E-state index in [0.717, 1.165) is 0 Å². The summed E-state index contributed by atoms with van der Waals surface area (Å²) in [5.74, 6) is 0.0828. The Balaban J connectivity index is 3.70. The van der Waals surface area contributed by atoms with Gasteiger partial charge in [0.2, 0.25) is 5.91 Å². The van der Waals surface area contributed by atoms with Crippen molar-refractivity contribution in [2.45, 2.75) is 26.3 Å². The molecular formula is C7H16N2OS. The van der Waals surface area contributed by atoms with Crippen molar-refractivity contribution in [3.63, 3.8) is 0 Å². The standard InChI is InChI=1S/C7H16N2OS/c1-7(2,3)9(4)11-5-6(8)10/h5H2,1-4H3,(H2,8,10). The third-order valence-electron chi connectivity index (χ3n) is 1.35. The summed E-state index contributed by atoms with van der Waals surface area (Å²) in [7, 11) is 1.95. The fourth-order valence-electron chi connectivity index (χ4n) is 0.354. The van der Waals surface area contributed by atoms with Crippen LogP contribution in [0.1, 0.15) is 20.8 Å². The number of nitrogens with two attached hydrogens (primary N) is 1. The van der Waals surface area contributed by atoms with Gasteiger partial charge in [-0.2, -0.15) is 0 Å². The third kappa shape index (κ3) is 5.09. The van der Waals surface area contributed by atoms with Crippen LogP contribution in [-0.2, 0) is 4.79 Å². The molecule has 0 rings (SSSR count). The molecule has 1 amide bonds. The normalized spacial score (nSPS) is 12.1. The van der Waals surface area contributed by atoms with Crippen molar-refractivity contribution in [3.8, 4) is 0 Å². The SMILES string of the molecule is CN(SCC(N)=O)C(C)(C)C. The van der Waals surface area contributed by atoms with Crippen LogP contribution in [0.3, 0.4) is 0 Å². The number of carbonyl (C=O) groups is 1. The first-order valence-corrected chi connectivity index (χ1v) is 4.43. The lowest BCUT2D eigenvalue weighted by molar-refractivity contribution is -0.115. The van der Waals surface area contributed by atoms with E-state index in [4.69, 9.17) is 5.73 Å². The van der Waals surface area contributed by atoms with Gasteiger partial charge in [0.25, 0.3) is 0 Å². The van der Waals surface area contributed by atoms with Crippen molar-refractivity contribution in [2.75, 3.05) is 12.8 Å². The fourth-order valence-corrected chi connectivity index (χ4v) is 1.06. The molecule has 4 heteroatoms. The quantitative estimate of drug-likeness (QED) is 0.648. The number of hydrogen-bond donors (Lipinski definition) is 1. The van der Waals surface area contributed by atoms with Crippen molar-refractivity contribution < 1.29 is 4.79 Å². The van der Waals surface area contributed by atoms with Gasteiger partial charge < -0.3 is 5.73 Å². The number of rotatable bonds is 3. The first kappa shape index (κ1) is 10.8. The Bertz CT molecular complexity index is 142.